The molecule has 1 atom stereocenters. The van der Waals surface area contributed by atoms with Gasteiger partial charge >= 0.3 is 0 Å². The van der Waals surface area contributed by atoms with Crippen molar-refractivity contribution in [2.45, 2.75) is 70.9 Å². The number of rotatable bonds is 6. The zero-order valence-electron chi connectivity index (χ0n) is 14.0. The summed E-state index contributed by atoms with van der Waals surface area (Å²) in [5.41, 5.74) is 0.0205. The third-order valence-electron chi connectivity index (χ3n) is 5.00. The predicted octanol–water partition coefficient (Wildman–Crippen LogP) is 3.05. The third kappa shape index (κ3) is 3.64. The molecule has 1 aliphatic rings. The molecule has 0 bridgehead atoms. The number of methoxy groups -OCH3 is 1. The van der Waals surface area contributed by atoms with Crippen LogP contribution in [0.3, 0.4) is 0 Å². The van der Waals surface area contributed by atoms with Crippen molar-refractivity contribution < 1.29 is 9.26 Å². The monoisotopic (exact) mass is 295 g/mol. The fourth-order valence-corrected chi connectivity index (χ4v) is 3.03. The molecule has 5 heteroatoms. The summed E-state index contributed by atoms with van der Waals surface area (Å²) in [5.74, 6) is 1.42. The molecule has 1 aromatic heterocycles. The normalized spacial score (nSPS) is 22.1. The molecule has 0 aliphatic heterocycles. The van der Waals surface area contributed by atoms with Gasteiger partial charge in [-0.25, -0.2) is 0 Å². The van der Waals surface area contributed by atoms with Crippen molar-refractivity contribution in [3.8, 4) is 0 Å². The lowest BCUT2D eigenvalue weighted by Gasteiger charge is -2.40. The van der Waals surface area contributed by atoms with Crippen LogP contribution in [0.4, 0.5) is 0 Å². The Kier molecular flexibility index (Phi) is 5.04. The molecule has 1 fully saturated rings. The average molecular weight is 295 g/mol. The van der Waals surface area contributed by atoms with Gasteiger partial charge in [0, 0.05) is 19.6 Å². The molecule has 1 aromatic rings. The van der Waals surface area contributed by atoms with Crippen LogP contribution in [0.2, 0.25) is 0 Å². The minimum absolute atomic E-state index is 0.362. The highest BCUT2D eigenvalue weighted by Gasteiger charge is 2.43. The second kappa shape index (κ2) is 6.44. The van der Waals surface area contributed by atoms with E-state index in [0.29, 0.717) is 17.3 Å². The van der Waals surface area contributed by atoms with Crippen LogP contribution < -0.4 is 5.32 Å². The Morgan fingerprint density at radius 3 is 2.48 bits per heavy atom. The number of likely N-dealkylation sites (N-methyl/N-ethyl adjacent to an activating group) is 1. The van der Waals surface area contributed by atoms with Gasteiger partial charge in [-0.1, -0.05) is 25.9 Å². The maximum atomic E-state index is 5.83. The number of hydrogen-bond acceptors (Lipinski definition) is 5. The minimum Gasteiger partial charge on any atom is -0.370 e. The Morgan fingerprint density at radius 1 is 1.29 bits per heavy atom. The summed E-state index contributed by atoms with van der Waals surface area (Å²) in [5, 5.41) is 7.48. The lowest BCUT2D eigenvalue weighted by Crippen LogP contribution is -2.37. The summed E-state index contributed by atoms with van der Waals surface area (Å²) in [6.45, 7) is 6.78. The molecule has 1 N–H and O–H groups in total. The molecular formula is C16H29N3O2. The largest absolute Gasteiger partial charge is 0.370 e. The van der Waals surface area contributed by atoms with Gasteiger partial charge in [0.25, 0.3) is 0 Å². The summed E-state index contributed by atoms with van der Waals surface area (Å²) in [7, 11) is 3.72. The quantitative estimate of drug-likeness (QED) is 0.874. The number of nitrogens with zero attached hydrogens (tertiary/aromatic N) is 2. The fourth-order valence-electron chi connectivity index (χ4n) is 3.03. The van der Waals surface area contributed by atoms with Crippen LogP contribution in [0.15, 0.2) is 4.52 Å². The standard InChI is InChI=1S/C16H29N3O2/c1-6-12(17-4)11-13-18-14(19-21-13)16(20-5)9-7-15(2,3)8-10-16/h12,17H,6-11H2,1-5H3. The molecule has 120 valence electrons. The number of aromatic nitrogens is 2. The van der Waals surface area contributed by atoms with Crippen LogP contribution in [0.5, 0.6) is 0 Å². The fraction of sp³-hybridized carbons (Fsp3) is 0.875. The van der Waals surface area contributed by atoms with Gasteiger partial charge in [0.15, 0.2) is 0 Å². The van der Waals surface area contributed by atoms with Crippen LogP contribution in [-0.2, 0) is 16.8 Å². The average Bonchev–Trinajstić information content (AvgIpc) is 2.94. The van der Waals surface area contributed by atoms with Gasteiger partial charge in [0.2, 0.25) is 11.7 Å². The lowest BCUT2D eigenvalue weighted by atomic mass is 9.70. The van der Waals surface area contributed by atoms with Crippen molar-refractivity contribution >= 4 is 0 Å². The van der Waals surface area contributed by atoms with Crippen molar-refractivity contribution in [1.29, 1.82) is 0 Å². The van der Waals surface area contributed by atoms with E-state index < -0.39 is 0 Å². The zero-order valence-corrected chi connectivity index (χ0v) is 14.0. The maximum Gasteiger partial charge on any atom is 0.228 e. The van der Waals surface area contributed by atoms with Crippen molar-refractivity contribution in [2.24, 2.45) is 5.41 Å². The second-order valence-electron chi connectivity index (χ2n) is 6.97. The van der Waals surface area contributed by atoms with E-state index in [2.05, 4.69) is 36.2 Å². The SMILES string of the molecule is CCC(Cc1nc(C2(OC)CCC(C)(C)CC2)no1)NC. The van der Waals surface area contributed by atoms with Gasteiger partial charge in [-0.05, 0) is 44.6 Å². The van der Waals surface area contributed by atoms with E-state index in [-0.39, 0.29) is 5.60 Å². The molecule has 1 aliphatic carbocycles. The molecule has 21 heavy (non-hydrogen) atoms. The van der Waals surface area contributed by atoms with Gasteiger partial charge in [-0.3, -0.25) is 0 Å². The Balaban J connectivity index is 2.11. The molecular weight excluding hydrogens is 266 g/mol. The molecule has 2 rings (SSSR count). The summed E-state index contributed by atoms with van der Waals surface area (Å²) < 4.78 is 11.3. The Labute approximate surface area is 127 Å². The topological polar surface area (TPSA) is 60.2 Å². The van der Waals surface area contributed by atoms with Crippen LogP contribution in [0.25, 0.3) is 0 Å². The Bertz CT molecular complexity index is 442. The first-order chi connectivity index (χ1) is 9.94. The van der Waals surface area contributed by atoms with E-state index >= 15 is 0 Å². The van der Waals surface area contributed by atoms with Crippen LogP contribution in [0.1, 0.15) is 64.6 Å². The van der Waals surface area contributed by atoms with Gasteiger partial charge < -0.3 is 14.6 Å². The highest BCUT2D eigenvalue weighted by Crippen LogP contribution is 2.46. The summed E-state index contributed by atoms with van der Waals surface area (Å²) in [6.07, 6.45) is 5.97. The highest BCUT2D eigenvalue weighted by atomic mass is 16.5. The van der Waals surface area contributed by atoms with Crippen molar-refractivity contribution in [3.63, 3.8) is 0 Å². The van der Waals surface area contributed by atoms with Gasteiger partial charge in [0.1, 0.15) is 5.60 Å². The summed E-state index contributed by atoms with van der Waals surface area (Å²) in [4.78, 5) is 4.62. The van der Waals surface area contributed by atoms with Gasteiger partial charge in [0.05, 0.1) is 0 Å². The van der Waals surface area contributed by atoms with Crippen molar-refractivity contribution in [3.05, 3.63) is 11.7 Å². The number of nitrogens with one attached hydrogen (secondary N) is 1. The van der Waals surface area contributed by atoms with Crippen LogP contribution in [0, 0.1) is 5.41 Å². The number of hydrogen-bond donors (Lipinski definition) is 1. The first kappa shape index (κ1) is 16.4. The maximum absolute atomic E-state index is 5.83. The van der Waals surface area contributed by atoms with E-state index in [9.17, 15) is 0 Å². The molecule has 5 nitrogen and oxygen atoms in total. The first-order valence-corrected chi connectivity index (χ1v) is 8.00. The molecule has 0 aromatic carbocycles. The Morgan fingerprint density at radius 2 is 1.95 bits per heavy atom. The van der Waals surface area contributed by atoms with Crippen molar-refractivity contribution in [2.75, 3.05) is 14.2 Å². The molecule has 0 radical (unpaired) electrons. The summed E-state index contributed by atoms with van der Waals surface area (Å²) >= 11 is 0. The van der Waals surface area contributed by atoms with Crippen molar-refractivity contribution in [1.82, 2.24) is 15.5 Å². The molecule has 0 amide bonds. The zero-order chi connectivity index (χ0) is 15.5. The Hall–Kier alpha value is -0.940. The molecule has 0 saturated heterocycles. The summed E-state index contributed by atoms with van der Waals surface area (Å²) in [6, 6.07) is 0.377. The molecule has 1 unspecified atom stereocenters. The van der Waals surface area contributed by atoms with Gasteiger partial charge in [-0.2, -0.15) is 4.98 Å². The second-order valence-corrected chi connectivity index (χ2v) is 6.97. The van der Waals surface area contributed by atoms with E-state index in [1.165, 1.54) is 0 Å². The van der Waals surface area contributed by atoms with Crippen LogP contribution in [-0.4, -0.2) is 30.3 Å². The van der Waals surface area contributed by atoms with E-state index in [1.807, 2.05) is 7.05 Å². The third-order valence-corrected chi connectivity index (χ3v) is 5.00. The van der Waals surface area contributed by atoms with E-state index in [1.54, 1.807) is 7.11 Å². The van der Waals surface area contributed by atoms with Gasteiger partial charge in [-0.15, -0.1) is 0 Å². The lowest BCUT2D eigenvalue weighted by molar-refractivity contribution is -0.0740. The first-order valence-electron chi connectivity index (χ1n) is 8.00. The molecule has 1 saturated carbocycles. The number of ether oxygens (including phenoxy) is 1. The van der Waals surface area contributed by atoms with Crippen LogP contribution >= 0.6 is 0 Å². The van der Waals surface area contributed by atoms with E-state index in [0.717, 1.165) is 44.3 Å². The predicted molar refractivity (Wildman–Crippen MR) is 82.1 cm³/mol. The van der Waals surface area contributed by atoms with E-state index in [4.69, 9.17) is 9.26 Å². The molecule has 1 heterocycles. The smallest absolute Gasteiger partial charge is 0.228 e. The highest BCUT2D eigenvalue weighted by molar-refractivity contribution is 5.05. The molecule has 0 spiro atoms. The minimum atomic E-state index is -0.362.